The molecule has 2 rings (SSSR count). The van der Waals surface area contributed by atoms with Gasteiger partial charge in [-0.25, -0.2) is 0 Å². The van der Waals surface area contributed by atoms with Crippen LogP contribution in [-0.2, 0) is 18.2 Å². The number of aromatic nitrogens is 4. The summed E-state index contributed by atoms with van der Waals surface area (Å²) in [4.78, 5) is 1.51. The Morgan fingerprint density at radius 3 is 2.53 bits per heavy atom. The largest absolute Gasteiger partial charge is 0.375 e. The van der Waals surface area contributed by atoms with Crippen molar-refractivity contribution in [3.8, 4) is 0 Å². The van der Waals surface area contributed by atoms with E-state index in [0.29, 0.717) is 24.0 Å². The molecule has 0 radical (unpaired) electrons. The van der Waals surface area contributed by atoms with Crippen molar-refractivity contribution in [2.24, 2.45) is 18.9 Å². The third kappa shape index (κ3) is 3.12. The third-order valence-corrected chi connectivity index (χ3v) is 4.20. The highest BCUT2D eigenvalue weighted by molar-refractivity contribution is 4.96. The summed E-state index contributed by atoms with van der Waals surface area (Å²) >= 11 is 0. The maximum atomic E-state index is 5.95. The van der Waals surface area contributed by atoms with Crippen LogP contribution >= 0.6 is 0 Å². The maximum Gasteiger partial charge on any atom is 0.176 e. The number of nitrogens with zero attached hydrogens (tertiary/aromatic N) is 4. The number of hydrogen-bond donors (Lipinski definition) is 1. The Balaban J connectivity index is 2.11. The lowest BCUT2D eigenvalue weighted by molar-refractivity contribution is 0.0476. The number of hydrogen-bond acceptors (Lipinski definition) is 5. The van der Waals surface area contributed by atoms with Crippen LogP contribution in [0.25, 0.3) is 0 Å². The van der Waals surface area contributed by atoms with Gasteiger partial charge >= 0.3 is 0 Å². The first kappa shape index (κ1) is 14.4. The van der Waals surface area contributed by atoms with E-state index < -0.39 is 0 Å². The number of ether oxygens (including phenoxy) is 1. The normalized spacial score (nSPS) is 32.7. The van der Waals surface area contributed by atoms with Gasteiger partial charge in [-0.3, -0.25) is 0 Å². The summed E-state index contributed by atoms with van der Waals surface area (Å²) in [6.07, 6.45) is 1.39. The molecule has 1 aromatic rings. The Morgan fingerprint density at radius 2 is 2.05 bits per heavy atom. The van der Waals surface area contributed by atoms with E-state index in [2.05, 4.69) is 48.4 Å². The molecule has 5 atom stereocenters. The minimum absolute atomic E-state index is 0.269. The molecule has 0 aliphatic carbocycles. The zero-order valence-corrected chi connectivity index (χ0v) is 12.5. The van der Waals surface area contributed by atoms with Gasteiger partial charge in [-0.15, -0.1) is 10.2 Å². The molecule has 0 amide bonds. The summed E-state index contributed by atoms with van der Waals surface area (Å²) in [5.74, 6) is 1.82. The van der Waals surface area contributed by atoms with Crippen molar-refractivity contribution in [1.82, 2.24) is 25.5 Å². The van der Waals surface area contributed by atoms with Crippen molar-refractivity contribution in [2.45, 2.75) is 52.4 Å². The Labute approximate surface area is 114 Å². The fraction of sp³-hybridized carbons (Fsp3) is 0.923. The standard InChI is InChI=1S/C13H25N5O/c1-6-14-11(7-12-15-17-18(5)16-12)13-8(2)9(3)19-10(13)4/h8-11,13-14H,6-7H2,1-5H3. The van der Waals surface area contributed by atoms with Crippen LogP contribution < -0.4 is 5.32 Å². The molecule has 1 saturated heterocycles. The molecule has 0 spiro atoms. The predicted octanol–water partition coefficient (Wildman–Crippen LogP) is 0.790. The SMILES string of the molecule is CCNC(Cc1nnn(C)n1)C1C(C)OC(C)C1C. The Morgan fingerprint density at radius 1 is 1.32 bits per heavy atom. The molecular weight excluding hydrogens is 242 g/mol. The van der Waals surface area contributed by atoms with Crippen molar-refractivity contribution in [1.29, 1.82) is 0 Å². The molecule has 1 aliphatic rings. The molecule has 6 heteroatoms. The third-order valence-electron chi connectivity index (χ3n) is 4.20. The molecule has 2 heterocycles. The lowest BCUT2D eigenvalue weighted by Crippen LogP contribution is -2.43. The van der Waals surface area contributed by atoms with E-state index in [1.165, 1.54) is 4.80 Å². The van der Waals surface area contributed by atoms with Crippen LogP contribution in [0.3, 0.4) is 0 Å². The molecule has 1 aromatic heterocycles. The highest BCUT2D eigenvalue weighted by Crippen LogP contribution is 2.35. The van der Waals surface area contributed by atoms with Gasteiger partial charge in [0.1, 0.15) is 0 Å². The first-order valence-corrected chi connectivity index (χ1v) is 7.14. The van der Waals surface area contributed by atoms with E-state index in [4.69, 9.17) is 4.74 Å². The fourth-order valence-corrected chi connectivity index (χ4v) is 3.20. The summed E-state index contributed by atoms with van der Waals surface area (Å²) in [5.41, 5.74) is 0. The summed E-state index contributed by atoms with van der Waals surface area (Å²) in [6, 6.07) is 0.337. The molecule has 1 N–H and O–H groups in total. The van der Waals surface area contributed by atoms with Crippen molar-refractivity contribution in [2.75, 3.05) is 6.54 Å². The molecule has 6 nitrogen and oxygen atoms in total. The number of aryl methyl sites for hydroxylation is 1. The van der Waals surface area contributed by atoms with E-state index in [-0.39, 0.29) is 6.10 Å². The second kappa shape index (κ2) is 5.96. The number of tetrazole rings is 1. The van der Waals surface area contributed by atoms with Crippen LogP contribution in [0, 0.1) is 11.8 Å². The average Bonchev–Trinajstić information content (AvgIpc) is 2.84. The lowest BCUT2D eigenvalue weighted by atomic mass is 9.82. The van der Waals surface area contributed by atoms with Crippen LogP contribution in [0.1, 0.15) is 33.5 Å². The first-order chi connectivity index (χ1) is 9.02. The van der Waals surface area contributed by atoms with E-state index >= 15 is 0 Å². The van der Waals surface area contributed by atoms with Crippen molar-refractivity contribution < 1.29 is 4.74 Å². The molecule has 1 aliphatic heterocycles. The van der Waals surface area contributed by atoms with Gasteiger partial charge in [-0.2, -0.15) is 4.80 Å². The second-order valence-electron chi connectivity index (χ2n) is 5.55. The van der Waals surface area contributed by atoms with E-state index in [9.17, 15) is 0 Å². The van der Waals surface area contributed by atoms with Crippen LogP contribution in [0.2, 0.25) is 0 Å². The molecule has 5 unspecified atom stereocenters. The lowest BCUT2D eigenvalue weighted by Gasteiger charge is -2.28. The highest BCUT2D eigenvalue weighted by Gasteiger charge is 2.41. The minimum atomic E-state index is 0.269. The quantitative estimate of drug-likeness (QED) is 0.854. The zero-order chi connectivity index (χ0) is 14.0. The van der Waals surface area contributed by atoms with Crippen LogP contribution in [0.15, 0.2) is 0 Å². The van der Waals surface area contributed by atoms with Crippen LogP contribution in [0.5, 0.6) is 0 Å². The smallest absolute Gasteiger partial charge is 0.176 e. The van der Waals surface area contributed by atoms with E-state index in [1.54, 1.807) is 7.05 Å². The van der Waals surface area contributed by atoms with Crippen molar-refractivity contribution in [3.05, 3.63) is 5.82 Å². The number of rotatable bonds is 5. The van der Waals surface area contributed by atoms with Gasteiger partial charge in [0, 0.05) is 18.4 Å². The molecule has 0 bridgehead atoms. The monoisotopic (exact) mass is 267 g/mol. The highest BCUT2D eigenvalue weighted by atomic mass is 16.5. The van der Waals surface area contributed by atoms with Gasteiger partial charge in [0.05, 0.1) is 19.3 Å². The summed E-state index contributed by atoms with van der Waals surface area (Å²) in [7, 11) is 1.80. The average molecular weight is 267 g/mol. The van der Waals surface area contributed by atoms with Crippen molar-refractivity contribution >= 4 is 0 Å². The maximum absolute atomic E-state index is 5.95. The summed E-state index contributed by atoms with van der Waals surface area (Å²) in [6.45, 7) is 9.66. The first-order valence-electron chi connectivity index (χ1n) is 7.14. The van der Waals surface area contributed by atoms with Gasteiger partial charge in [-0.05, 0) is 31.5 Å². The van der Waals surface area contributed by atoms with Gasteiger partial charge in [0.2, 0.25) is 0 Å². The molecule has 0 aromatic carbocycles. The second-order valence-corrected chi connectivity index (χ2v) is 5.55. The Bertz CT molecular complexity index is 407. The zero-order valence-electron chi connectivity index (χ0n) is 12.5. The summed E-state index contributed by atoms with van der Waals surface area (Å²) < 4.78 is 5.95. The van der Waals surface area contributed by atoms with Gasteiger partial charge in [0.15, 0.2) is 5.82 Å². The molecule has 1 fully saturated rings. The Hall–Kier alpha value is -1.01. The van der Waals surface area contributed by atoms with Crippen LogP contribution in [-0.4, -0.2) is 45.0 Å². The number of nitrogens with one attached hydrogen (secondary N) is 1. The van der Waals surface area contributed by atoms with Gasteiger partial charge in [0.25, 0.3) is 0 Å². The molecular formula is C13H25N5O. The van der Waals surface area contributed by atoms with Gasteiger partial charge < -0.3 is 10.1 Å². The predicted molar refractivity (Wildman–Crippen MR) is 72.6 cm³/mol. The molecule has 108 valence electrons. The summed E-state index contributed by atoms with van der Waals surface area (Å²) in [5, 5.41) is 15.9. The topological polar surface area (TPSA) is 64.9 Å². The number of likely N-dealkylation sites (N-methyl/N-ethyl adjacent to an activating group) is 1. The molecule has 0 saturated carbocycles. The molecule has 19 heavy (non-hydrogen) atoms. The minimum Gasteiger partial charge on any atom is -0.375 e. The van der Waals surface area contributed by atoms with E-state index in [0.717, 1.165) is 18.8 Å². The Kier molecular flexibility index (Phi) is 4.52. The van der Waals surface area contributed by atoms with Gasteiger partial charge in [-0.1, -0.05) is 13.8 Å². The fourth-order valence-electron chi connectivity index (χ4n) is 3.20. The van der Waals surface area contributed by atoms with Crippen molar-refractivity contribution in [3.63, 3.8) is 0 Å². The van der Waals surface area contributed by atoms with E-state index in [1.807, 2.05) is 0 Å². The van der Waals surface area contributed by atoms with Crippen LogP contribution in [0.4, 0.5) is 0 Å².